The van der Waals surface area contributed by atoms with Gasteiger partial charge in [-0.1, -0.05) is 44.0 Å². The molecule has 0 bridgehead atoms. The molecular formula is C22H24ClFN2O5. The van der Waals surface area contributed by atoms with Crippen molar-refractivity contribution in [2.45, 2.75) is 33.2 Å². The van der Waals surface area contributed by atoms with Gasteiger partial charge < -0.3 is 19.5 Å². The van der Waals surface area contributed by atoms with E-state index in [2.05, 4.69) is 18.8 Å². The lowest BCUT2D eigenvalue weighted by Gasteiger charge is -2.14. The number of rotatable bonds is 6. The number of aromatic carboxylic acids is 1. The van der Waals surface area contributed by atoms with E-state index in [1.54, 1.807) is 12.1 Å². The summed E-state index contributed by atoms with van der Waals surface area (Å²) in [5.41, 5.74) is -0.341. The summed E-state index contributed by atoms with van der Waals surface area (Å²) >= 11 is 5.82. The summed E-state index contributed by atoms with van der Waals surface area (Å²) in [6.07, 6.45) is 2.42. The molecule has 166 valence electrons. The van der Waals surface area contributed by atoms with Crippen LogP contribution in [0.5, 0.6) is 5.88 Å². The van der Waals surface area contributed by atoms with Crippen molar-refractivity contribution in [2.75, 3.05) is 13.7 Å². The Morgan fingerprint density at radius 1 is 1.29 bits per heavy atom. The maximum atomic E-state index is 14.3. The number of carbonyl (C=O) groups is 1. The Balaban J connectivity index is 0.00000107. The number of carboxylic acid groups (broad SMARTS) is 1. The highest BCUT2D eigenvalue weighted by molar-refractivity contribution is 6.30. The van der Waals surface area contributed by atoms with Crippen LogP contribution in [0.3, 0.4) is 0 Å². The van der Waals surface area contributed by atoms with Gasteiger partial charge in [0.05, 0.1) is 24.1 Å². The number of aliphatic hydroxyl groups excluding tert-OH is 1. The van der Waals surface area contributed by atoms with Crippen molar-refractivity contribution < 1.29 is 24.1 Å². The minimum Gasteiger partial charge on any atom is -0.481 e. The Hall–Kier alpha value is -2.97. The Morgan fingerprint density at radius 2 is 1.97 bits per heavy atom. The number of aliphatic hydroxyl groups is 1. The number of fused-ring (bicyclic) bond motifs is 1. The third kappa shape index (κ3) is 5.39. The van der Waals surface area contributed by atoms with Gasteiger partial charge in [0.2, 0.25) is 11.3 Å². The van der Waals surface area contributed by atoms with Gasteiger partial charge in [-0.05, 0) is 17.7 Å². The number of halogens is 2. The predicted octanol–water partition coefficient (Wildman–Crippen LogP) is 3.90. The molecule has 0 aliphatic rings. The summed E-state index contributed by atoms with van der Waals surface area (Å²) in [6, 6.07) is 5.99. The van der Waals surface area contributed by atoms with E-state index in [1.807, 2.05) is 0 Å². The zero-order chi connectivity index (χ0) is 23.1. The maximum Gasteiger partial charge on any atom is 0.341 e. The second kappa shape index (κ2) is 10.9. The zero-order valence-electron chi connectivity index (χ0n) is 17.5. The summed E-state index contributed by atoms with van der Waals surface area (Å²) in [5.74, 6) is -1.83. The van der Waals surface area contributed by atoms with Gasteiger partial charge in [-0.15, -0.1) is 0 Å². The molecule has 0 saturated heterocycles. The first-order valence-corrected chi connectivity index (χ1v) is 10.0. The molecule has 31 heavy (non-hydrogen) atoms. The molecule has 2 aromatic heterocycles. The minimum atomic E-state index is -1.39. The fourth-order valence-corrected chi connectivity index (χ4v) is 3.15. The number of hydrogen-bond acceptors (Lipinski definition) is 5. The lowest BCUT2D eigenvalue weighted by Crippen LogP contribution is -2.21. The summed E-state index contributed by atoms with van der Waals surface area (Å²) in [5, 5.41) is 18.6. The van der Waals surface area contributed by atoms with Crippen LogP contribution in [0.25, 0.3) is 11.0 Å². The molecule has 3 rings (SSSR count). The number of pyridine rings is 2. The van der Waals surface area contributed by atoms with E-state index in [0.717, 1.165) is 6.20 Å². The zero-order valence-corrected chi connectivity index (χ0v) is 18.2. The molecule has 0 spiro atoms. The third-order valence-corrected chi connectivity index (χ3v) is 4.56. The molecule has 3 aromatic rings. The van der Waals surface area contributed by atoms with E-state index in [0.29, 0.717) is 5.56 Å². The number of aromatic nitrogens is 2. The summed E-state index contributed by atoms with van der Waals surface area (Å²) < 4.78 is 20.9. The number of benzene rings is 1. The molecule has 0 fully saturated rings. The van der Waals surface area contributed by atoms with Crippen molar-refractivity contribution in [1.82, 2.24) is 9.55 Å². The van der Waals surface area contributed by atoms with Crippen LogP contribution in [-0.2, 0) is 13.0 Å². The normalized spacial score (nSPS) is 10.5. The third-order valence-electron chi connectivity index (χ3n) is 4.26. The summed E-state index contributed by atoms with van der Waals surface area (Å²) in [4.78, 5) is 28.3. The second-order valence-corrected chi connectivity index (χ2v) is 7.13. The molecule has 2 heterocycles. The smallest absolute Gasteiger partial charge is 0.341 e. The molecular weight excluding hydrogens is 427 g/mol. The van der Waals surface area contributed by atoms with Crippen LogP contribution < -0.4 is 10.2 Å². The number of hydrogen-bond donors (Lipinski definition) is 2. The predicted molar refractivity (Wildman–Crippen MR) is 117 cm³/mol. The Bertz CT molecular complexity index is 1150. The average Bonchev–Trinajstić information content (AvgIpc) is 2.73. The molecule has 0 unspecified atom stereocenters. The van der Waals surface area contributed by atoms with Crippen LogP contribution in [0.4, 0.5) is 4.39 Å². The fourth-order valence-electron chi connectivity index (χ4n) is 2.96. The van der Waals surface area contributed by atoms with Crippen LogP contribution >= 0.6 is 11.6 Å². The second-order valence-electron chi connectivity index (χ2n) is 6.72. The summed E-state index contributed by atoms with van der Waals surface area (Å²) in [7, 11) is 1.38. The number of carboxylic acids is 1. The van der Waals surface area contributed by atoms with Crippen LogP contribution in [-0.4, -0.2) is 39.5 Å². The van der Waals surface area contributed by atoms with Gasteiger partial charge in [0.15, 0.2) is 0 Å². The monoisotopic (exact) mass is 450 g/mol. The van der Waals surface area contributed by atoms with Crippen LogP contribution in [0, 0.1) is 5.82 Å². The van der Waals surface area contributed by atoms with E-state index >= 15 is 0 Å². The molecule has 9 heteroatoms. The van der Waals surface area contributed by atoms with Crippen molar-refractivity contribution in [3.63, 3.8) is 0 Å². The van der Waals surface area contributed by atoms with Crippen molar-refractivity contribution in [1.29, 1.82) is 0 Å². The van der Waals surface area contributed by atoms with Gasteiger partial charge in [0.1, 0.15) is 17.0 Å². The molecule has 0 saturated carbocycles. The van der Waals surface area contributed by atoms with Gasteiger partial charge in [-0.3, -0.25) is 4.79 Å². The molecule has 0 aliphatic heterocycles. The summed E-state index contributed by atoms with van der Waals surface area (Å²) in [6.45, 7) is 4.01. The van der Waals surface area contributed by atoms with E-state index in [9.17, 15) is 24.2 Å². The van der Waals surface area contributed by atoms with E-state index in [-0.39, 0.29) is 47.1 Å². The molecule has 1 aromatic carbocycles. The van der Waals surface area contributed by atoms with E-state index in [1.165, 1.54) is 30.2 Å². The van der Waals surface area contributed by atoms with Crippen LogP contribution in [0.1, 0.15) is 41.8 Å². The molecule has 2 N–H and O–H groups in total. The van der Waals surface area contributed by atoms with Gasteiger partial charge in [0, 0.05) is 24.7 Å². The van der Waals surface area contributed by atoms with Crippen molar-refractivity contribution in [3.8, 4) is 5.88 Å². The lowest BCUT2D eigenvalue weighted by atomic mass is 10.0. The Morgan fingerprint density at radius 3 is 2.55 bits per heavy atom. The highest BCUT2D eigenvalue weighted by Crippen LogP contribution is 2.26. The van der Waals surface area contributed by atoms with Crippen LogP contribution in [0.2, 0.25) is 5.02 Å². The van der Waals surface area contributed by atoms with Gasteiger partial charge in [-0.2, -0.15) is 4.98 Å². The molecule has 7 nitrogen and oxygen atoms in total. The van der Waals surface area contributed by atoms with Gasteiger partial charge >= 0.3 is 5.97 Å². The first-order valence-electron chi connectivity index (χ1n) is 9.67. The maximum absolute atomic E-state index is 14.3. The van der Waals surface area contributed by atoms with E-state index < -0.39 is 22.8 Å². The standard InChI is InChI=1S/C19H16ClFN2O5.C3H8/c1-28-18-11(7-10-3-2-4-14(20)15(10)21)8-12-16(25)13(19(26)27)9-23(5-6-24)17(12)22-18;1-3-2/h2-4,8-9,24H,5-7H2,1H3,(H,26,27);3H2,1-2H3. The Kier molecular flexibility index (Phi) is 8.53. The number of nitrogens with zero attached hydrogens (tertiary/aromatic N) is 2. The highest BCUT2D eigenvalue weighted by atomic mass is 35.5. The van der Waals surface area contributed by atoms with Gasteiger partial charge in [-0.25, -0.2) is 9.18 Å². The topological polar surface area (TPSA) is 102 Å². The van der Waals surface area contributed by atoms with Crippen molar-refractivity contribution >= 4 is 28.6 Å². The quantitative estimate of drug-likeness (QED) is 0.590. The fraction of sp³-hybridized carbons (Fsp3) is 0.318. The number of ether oxygens (including phenoxy) is 1. The minimum absolute atomic E-state index is 0.0339. The average molecular weight is 451 g/mol. The highest BCUT2D eigenvalue weighted by Gasteiger charge is 2.19. The van der Waals surface area contributed by atoms with Crippen molar-refractivity contribution in [3.05, 3.63) is 68.2 Å². The molecule has 0 amide bonds. The van der Waals surface area contributed by atoms with Crippen molar-refractivity contribution in [2.24, 2.45) is 0 Å². The van der Waals surface area contributed by atoms with Crippen LogP contribution in [0.15, 0.2) is 35.3 Å². The lowest BCUT2D eigenvalue weighted by molar-refractivity contribution is 0.0694. The van der Waals surface area contributed by atoms with Gasteiger partial charge in [0.25, 0.3) is 0 Å². The first-order chi connectivity index (χ1) is 14.8. The SMILES string of the molecule is CCC.COc1nc2c(cc1Cc1cccc(Cl)c1F)c(=O)c(C(=O)O)cn2CCO. The number of methoxy groups -OCH3 is 1. The molecule has 0 aliphatic carbocycles. The largest absolute Gasteiger partial charge is 0.481 e. The molecule has 0 radical (unpaired) electrons. The first kappa shape index (κ1) is 24.3. The molecule has 0 atom stereocenters. The Labute approximate surface area is 183 Å². The van der Waals surface area contributed by atoms with E-state index in [4.69, 9.17) is 16.3 Å².